The van der Waals surface area contributed by atoms with Crippen LogP contribution in [0.5, 0.6) is 0 Å². The predicted octanol–water partition coefficient (Wildman–Crippen LogP) is 6.13. The van der Waals surface area contributed by atoms with Gasteiger partial charge in [-0.05, 0) is 42.8 Å². The summed E-state index contributed by atoms with van der Waals surface area (Å²) < 4.78 is 40.0. The van der Waals surface area contributed by atoms with E-state index in [1.807, 2.05) is 0 Å². The molecular weight excluding hydrogens is 348 g/mol. The first-order chi connectivity index (χ1) is 10.7. The molecule has 0 heterocycles. The average molecular weight is 359 g/mol. The second kappa shape index (κ2) is 6.77. The third-order valence-corrected chi connectivity index (χ3v) is 3.49. The molecule has 2 rings (SSSR count). The van der Waals surface area contributed by atoms with Gasteiger partial charge in [0.05, 0.1) is 5.57 Å². The summed E-state index contributed by atoms with van der Waals surface area (Å²) in [7, 11) is 0. The Morgan fingerprint density at radius 1 is 1.00 bits per heavy atom. The molecular formula is C17H11Cl2F3O. The SMILES string of the molecule is Cc1cccc(C(=O)C=C(c2cc(Cl)cc(Cl)c2)C(F)(F)F)c1. The number of rotatable bonds is 3. The molecule has 0 aliphatic rings. The minimum atomic E-state index is -4.71. The monoisotopic (exact) mass is 358 g/mol. The largest absolute Gasteiger partial charge is 0.417 e. The molecule has 0 aromatic heterocycles. The predicted molar refractivity (Wildman–Crippen MR) is 86.0 cm³/mol. The standard InChI is InChI=1S/C17H11Cl2F3O/c1-10-3-2-4-11(5-10)16(23)9-15(17(20,21)22)12-6-13(18)8-14(19)7-12/h2-9H,1H3. The summed E-state index contributed by atoms with van der Waals surface area (Å²) >= 11 is 11.5. The van der Waals surface area contributed by atoms with E-state index in [1.54, 1.807) is 19.1 Å². The number of allylic oxidation sites excluding steroid dienone is 2. The topological polar surface area (TPSA) is 17.1 Å². The van der Waals surface area contributed by atoms with Gasteiger partial charge in [0.15, 0.2) is 5.78 Å². The fourth-order valence-electron chi connectivity index (χ4n) is 2.05. The number of hydrogen-bond acceptors (Lipinski definition) is 1. The lowest BCUT2D eigenvalue weighted by atomic mass is 10.0. The molecule has 0 saturated heterocycles. The maximum Gasteiger partial charge on any atom is 0.417 e. The molecule has 1 nitrogen and oxygen atoms in total. The molecule has 0 unspecified atom stereocenters. The summed E-state index contributed by atoms with van der Waals surface area (Å²) in [6.45, 7) is 1.75. The Morgan fingerprint density at radius 3 is 2.13 bits per heavy atom. The third kappa shape index (κ3) is 4.60. The normalized spacial score (nSPS) is 12.3. The number of aryl methyl sites for hydroxylation is 1. The smallest absolute Gasteiger partial charge is 0.289 e. The Bertz CT molecular complexity index is 759. The lowest BCUT2D eigenvalue weighted by Gasteiger charge is -2.13. The molecule has 0 N–H and O–H groups in total. The van der Waals surface area contributed by atoms with E-state index in [-0.39, 0.29) is 21.2 Å². The fourth-order valence-corrected chi connectivity index (χ4v) is 2.58. The highest BCUT2D eigenvalue weighted by Crippen LogP contribution is 2.36. The summed E-state index contributed by atoms with van der Waals surface area (Å²) in [5, 5.41) is 0.122. The van der Waals surface area contributed by atoms with E-state index in [1.165, 1.54) is 18.2 Å². The highest BCUT2D eigenvalue weighted by Gasteiger charge is 2.35. The average Bonchev–Trinajstić information content (AvgIpc) is 2.42. The molecule has 0 aliphatic heterocycles. The van der Waals surface area contributed by atoms with Crippen molar-refractivity contribution in [3.63, 3.8) is 0 Å². The highest BCUT2D eigenvalue weighted by atomic mass is 35.5. The number of hydrogen-bond donors (Lipinski definition) is 0. The lowest BCUT2D eigenvalue weighted by molar-refractivity contribution is -0.0689. The van der Waals surface area contributed by atoms with Crippen molar-refractivity contribution in [3.05, 3.63) is 75.3 Å². The molecule has 23 heavy (non-hydrogen) atoms. The van der Waals surface area contributed by atoms with Gasteiger partial charge in [-0.2, -0.15) is 13.2 Å². The van der Waals surface area contributed by atoms with Crippen LogP contribution in [-0.2, 0) is 0 Å². The Labute approximate surface area is 141 Å². The summed E-state index contributed by atoms with van der Waals surface area (Å²) in [5.41, 5.74) is -0.382. The number of halogens is 5. The van der Waals surface area contributed by atoms with Crippen LogP contribution in [0.25, 0.3) is 5.57 Å². The molecule has 0 saturated carbocycles. The molecule has 0 amide bonds. The van der Waals surface area contributed by atoms with Gasteiger partial charge in [0.25, 0.3) is 0 Å². The Hall–Kier alpha value is -1.78. The van der Waals surface area contributed by atoms with E-state index < -0.39 is 17.5 Å². The van der Waals surface area contributed by atoms with Gasteiger partial charge < -0.3 is 0 Å². The Balaban J connectivity index is 2.53. The van der Waals surface area contributed by atoms with Crippen molar-refractivity contribution in [1.29, 1.82) is 0 Å². The van der Waals surface area contributed by atoms with Gasteiger partial charge in [-0.25, -0.2) is 0 Å². The number of carbonyl (C=O) groups is 1. The first-order valence-corrected chi connectivity index (χ1v) is 7.29. The van der Waals surface area contributed by atoms with Crippen LogP contribution in [-0.4, -0.2) is 12.0 Å². The van der Waals surface area contributed by atoms with Crippen molar-refractivity contribution >= 4 is 34.6 Å². The molecule has 2 aromatic rings. The minimum absolute atomic E-state index is 0.0608. The van der Waals surface area contributed by atoms with Crippen molar-refractivity contribution in [2.24, 2.45) is 0 Å². The third-order valence-electron chi connectivity index (χ3n) is 3.06. The van der Waals surface area contributed by atoms with E-state index >= 15 is 0 Å². The van der Waals surface area contributed by atoms with Crippen LogP contribution in [0.3, 0.4) is 0 Å². The zero-order valence-electron chi connectivity index (χ0n) is 11.9. The Kier molecular flexibility index (Phi) is 5.17. The number of alkyl halides is 3. The first kappa shape index (κ1) is 17.6. The molecule has 6 heteroatoms. The van der Waals surface area contributed by atoms with E-state index in [0.717, 1.165) is 17.7 Å². The van der Waals surface area contributed by atoms with E-state index in [0.29, 0.717) is 6.08 Å². The lowest BCUT2D eigenvalue weighted by Crippen LogP contribution is -2.13. The molecule has 120 valence electrons. The molecule has 0 atom stereocenters. The van der Waals surface area contributed by atoms with Crippen molar-refractivity contribution in [2.45, 2.75) is 13.1 Å². The molecule has 0 fully saturated rings. The minimum Gasteiger partial charge on any atom is -0.289 e. The van der Waals surface area contributed by atoms with Crippen LogP contribution in [0.4, 0.5) is 13.2 Å². The number of carbonyl (C=O) groups excluding carboxylic acids is 1. The van der Waals surface area contributed by atoms with Gasteiger partial charge in [-0.1, -0.05) is 47.0 Å². The number of benzene rings is 2. The van der Waals surface area contributed by atoms with Crippen LogP contribution >= 0.6 is 23.2 Å². The van der Waals surface area contributed by atoms with E-state index in [9.17, 15) is 18.0 Å². The quantitative estimate of drug-likeness (QED) is 0.476. The zero-order chi connectivity index (χ0) is 17.2. The Morgan fingerprint density at radius 2 is 1.61 bits per heavy atom. The van der Waals surface area contributed by atoms with E-state index in [2.05, 4.69) is 0 Å². The number of ketones is 1. The second-order valence-electron chi connectivity index (χ2n) is 4.95. The summed E-state index contributed by atoms with van der Waals surface area (Å²) in [6.07, 6.45) is -4.15. The van der Waals surface area contributed by atoms with Gasteiger partial charge in [-0.15, -0.1) is 0 Å². The van der Waals surface area contributed by atoms with Gasteiger partial charge >= 0.3 is 6.18 Å². The van der Waals surface area contributed by atoms with E-state index in [4.69, 9.17) is 23.2 Å². The zero-order valence-corrected chi connectivity index (χ0v) is 13.4. The molecule has 0 radical (unpaired) electrons. The van der Waals surface area contributed by atoms with Crippen molar-refractivity contribution in [3.8, 4) is 0 Å². The van der Waals surface area contributed by atoms with Crippen LogP contribution in [0.15, 0.2) is 48.5 Å². The van der Waals surface area contributed by atoms with Gasteiger partial charge in [0.1, 0.15) is 0 Å². The molecule has 0 aliphatic carbocycles. The maximum absolute atomic E-state index is 13.3. The highest BCUT2D eigenvalue weighted by molar-refractivity contribution is 6.35. The van der Waals surface area contributed by atoms with Crippen molar-refractivity contribution in [1.82, 2.24) is 0 Å². The summed E-state index contributed by atoms with van der Waals surface area (Å²) in [4.78, 5) is 12.2. The molecule has 0 spiro atoms. The van der Waals surface area contributed by atoms with Crippen molar-refractivity contribution < 1.29 is 18.0 Å². The fraction of sp³-hybridized carbons (Fsp3) is 0.118. The van der Waals surface area contributed by atoms with Crippen LogP contribution in [0.1, 0.15) is 21.5 Å². The van der Waals surface area contributed by atoms with Crippen LogP contribution in [0, 0.1) is 6.92 Å². The van der Waals surface area contributed by atoms with Crippen molar-refractivity contribution in [2.75, 3.05) is 0 Å². The van der Waals surface area contributed by atoms with Gasteiger partial charge in [0, 0.05) is 15.6 Å². The molecule has 2 aromatic carbocycles. The second-order valence-corrected chi connectivity index (χ2v) is 5.82. The van der Waals surface area contributed by atoms with Crippen LogP contribution in [0.2, 0.25) is 10.0 Å². The first-order valence-electron chi connectivity index (χ1n) is 6.53. The maximum atomic E-state index is 13.3. The summed E-state index contributed by atoms with van der Waals surface area (Å²) in [6, 6.07) is 9.92. The van der Waals surface area contributed by atoms with Gasteiger partial charge in [-0.3, -0.25) is 4.79 Å². The molecule has 0 bridgehead atoms. The van der Waals surface area contributed by atoms with Crippen LogP contribution < -0.4 is 0 Å². The summed E-state index contributed by atoms with van der Waals surface area (Å²) in [5.74, 6) is -0.739. The van der Waals surface area contributed by atoms with Gasteiger partial charge in [0.2, 0.25) is 0 Å².